The number of fused-ring (bicyclic) bond motifs is 1. The second kappa shape index (κ2) is 9.57. The third-order valence-electron chi connectivity index (χ3n) is 3.67. The van der Waals surface area contributed by atoms with E-state index in [1.165, 1.54) is 0 Å². The van der Waals surface area contributed by atoms with Crippen molar-refractivity contribution in [3.05, 3.63) is 65.1 Å². The van der Waals surface area contributed by atoms with E-state index in [0.29, 0.717) is 6.54 Å². The van der Waals surface area contributed by atoms with Crippen molar-refractivity contribution in [2.45, 2.75) is 13.0 Å². The van der Waals surface area contributed by atoms with Crippen LogP contribution < -0.4 is 10.6 Å². The monoisotopic (exact) mass is 470 g/mol. The van der Waals surface area contributed by atoms with E-state index >= 15 is 0 Å². The van der Waals surface area contributed by atoms with Crippen LogP contribution in [-0.2, 0) is 13.0 Å². The predicted octanol–water partition coefficient (Wildman–Crippen LogP) is 2.91. The normalized spacial score (nSPS) is 11.2. The number of nitrogens with one attached hydrogen (secondary N) is 2. The van der Waals surface area contributed by atoms with Gasteiger partial charge in [0.15, 0.2) is 17.4 Å². The van der Waals surface area contributed by atoms with Gasteiger partial charge in [0.1, 0.15) is 0 Å². The van der Waals surface area contributed by atoms with Crippen molar-refractivity contribution in [3.8, 4) is 0 Å². The van der Waals surface area contributed by atoms with Crippen LogP contribution in [0.15, 0.2) is 53.7 Å². The Balaban J connectivity index is 0.00000225. The summed E-state index contributed by atoms with van der Waals surface area (Å²) in [7, 11) is 1.74. The highest BCUT2D eigenvalue weighted by Crippen LogP contribution is 2.14. The van der Waals surface area contributed by atoms with Crippen molar-refractivity contribution in [1.29, 1.82) is 0 Å². The molecule has 132 valence electrons. The van der Waals surface area contributed by atoms with Gasteiger partial charge in [-0.1, -0.05) is 35.9 Å². The highest BCUT2D eigenvalue weighted by Gasteiger charge is 2.06. The number of pyridine rings is 1. The summed E-state index contributed by atoms with van der Waals surface area (Å²) in [4.78, 5) is 4.23. The zero-order chi connectivity index (χ0) is 16.8. The van der Waals surface area contributed by atoms with E-state index in [-0.39, 0.29) is 24.0 Å². The lowest BCUT2D eigenvalue weighted by atomic mass is 10.1. The number of aromatic nitrogens is 3. The van der Waals surface area contributed by atoms with Crippen LogP contribution in [0.3, 0.4) is 0 Å². The minimum absolute atomic E-state index is 0. The quantitative estimate of drug-likeness (QED) is 0.342. The van der Waals surface area contributed by atoms with Crippen LogP contribution in [0.25, 0.3) is 5.65 Å². The molecule has 3 aromatic rings. The Morgan fingerprint density at radius 2 is 1.92 bits per heavy atom. The molecule has 25 heavy (non-hydrogen) atoms. The fourth-order valence-corrected chi connectivity index (χ4v) is 2.64. The first-order chi connectivity index (χ1) is 11.8. The Labute approximate surface area is 168 Å². The van der Waals surface area contributed by atoms with Crippen LogP contribution >= 0.6 is 35.6 Å². The zero-order valence-corrected chi connectivity index (χ0v) is 16.9. The maximum Gasteiger partial charge on any atom is 0.191 e. The lowest BCUT2D eigenvalue weighted by Gasteiger charge is -2.11. The molecule has 2 heterocycles. The average Bonchev–Trinajstić information content (AvgIpc) is 3.03. The van der Waals surface area contributed by atoms with Gasteiger partial charge in [0.05, 0.1) is 6.54 Å². The van der Waals surface area contributed by atoms with Crippen LogP contribution in [0, 0.1) is 0 Å². The van der Waals surface area contributed by atoms with E-state index < -0.39 is 0 Å². The summed E-state index contributed by atoms with van der Waals surface area (Å²) in [6, 6.07) is 13.7. The molecule has 0 amide bonds. The standard InChI is InChI=1S/C17H19ClN6.HI/c1-19-17(20-10-9-13-6-2-3-7-14(13)18)21-12-16-23-22-15-8-4-5-11-24(15)16;/h2-8,11H,9-10,12H2,1H3,(H2,19,20,21);1H. The van der Waals surface area contributed by atoms with E-state index in [0.717, 1.165) is 41.0 Å². The molecule has 0 atom stereocenters. The van der Waals surface area contributed by atoms with Gasteiger partial charge in [0.2, 0.25) is 0 Å². The van der Waals surface area contributed by atoms with E-state index in [1.807, 2.05) is 53.1 Å². The highest BCUT2D eigenvalue weighted by atomic mass is 127. The van der Waals surface area contributed by atoms with Gasteiger partial charge in [-0.3, -0.25) is 9.39 Å². The van der Waals surface area contributed by atoms with Crippen LogP contribution in [0.1, 0.15) is 11.4 Å². The van der Waals surface area contributed by atoms with Gasteiger partial charge in [-0.2, -0.15) is 0 Å². The summed E-state index contributed by atoms with van der Waals surface area (Å²) in [6.45, 7) is 1.28. The average molecular weight is 471 g/mol. The molecule has 1 aromatic carbocycles. The molecule has 0 aliphatic rings. The lowest BCUT2D eigenvalue weighted by Crippen LogP contribution is -2.38. The van der Waals surface area contributed by atoms with Crippen molar-refractivity contribution in [1.82, 2.24) is 25.2 Å². The molecule has 0 spiro atoms. The van der Waals surface area contributed by atoms with E-state index in [2.05, 4.69) is 25.8 Å². The second-order valence-corrected chi connectivity index (χ2v) is 5.65. The molecule has 0 fully saturated rings. The molecule has 0 unspecified atom stereocenters. The third-order valence-corrected chi connectivity index (χ3v) is 4.04. The Kier molecular flexibility index (Phi) is 7.45. The van der Waals surface area contributed by atoms with Gasteiger partial charge in [0.25, 0.3) is 0 Å². The van der Waals surface area contributed by atoms with Gasteiger partial charge in [-0.05, 0) is 30.2 Å². The molecule has 0 aliphatic carbocycles. The maximum absolute atomic E-state index is 6.17. The number of benzene rings is 1. The zero-order valence-electron chi connectivity index (χ0n) is 13.8. The highest BCUT2D eigenvalue weighted by molar-refractivity contribution is 14.0. The van der Waals surface area contributed by atoms with Gasteiger partial charge in [0, 0.05) is 24.8 Å². The molecule has 3 rings (SSSR count). The lowest BCUT2D eigenvalue weighted by molar-refractivity contribution is 0.757. The number of rotatable bonds is 5. The molecular formula is C17H20ClIN6. The molecule has 0 radical (unpaired) electrons. The van der Waals surface area contributed by atoms with Crippen molar-refractivity contribution in [2.24, 2.45) is 4.99 Å². The molecule has 2 aromatic heterocycles. The minimum atomic E-state index is 0. The Morgan fingerprint density at radius 3 is 2.72 bits per heavy atom. The number of hydrogen-bond acceptors (Lipinski definition) is 3. The Bertz CT molecular complexity index is 848. The summed E-state index contributed by atoms with van der Waals surface area (Å²) in [5.41, 5.74) is 1.95. The van der Waals surface area contributed by atoms with Crippen molar-refractivity contribution >= 4 is 47.2 Å². The third kappa shape index (κ3) is 5.05. The smallest absolute Gasteiger partial charge is 0.191 e. The summed E-state index contributed by atoms with van der Waals surface area (Å²) < 4.78 is 1.95. The first-order valence-corrected chi connectivity index (χ1v) is 8.12. The van der Waals surface area contributed by atoms with E-state index in [4.69, 9.17) is 11.6 Å². The minimum Gasteiger partial charge on any atom is -0.356 e. The number of halogens is 2. The fraction of sp³-hybridized carbons (Fsp3) is 0.235. The summed E-state index contributed by atoms with van der Waals surface area (Å²) in [5, 5.41) is 15.6. The topological polar surface area (TPSA) is 66.6 Å². The molecule has 0 bridgehead atoms. The fourth-order valence-electron chi connectivity index (χ4n) is 2.41. The van der Waals surface area contributed by atoms with Gasteiger partial charge < -0.3 is 10.6 Å². The van der Waals surface area contributed by atoms with Crippen LogP contribution in [0.5, 0.6) is 0 Å². The number of nitrogens with zero attached hydrogens (tertiary/aromatic N) is 4. The van der Waals surface area contributed by atoms with Gasteiger partial charge in [-0.15, -0.1) is 34.2 Å². The summed E-state index contributed by atoms with van der Waals surface area (Å²) in [5.74, 6) is 1.55. The summed E-state index contributed by atoms with van der Waals surface area (Å²) >= 11 is 6.17. The van der Waals surface area contributed by atoms with Crippen LogP contribution in [-0.4, -0.2) is 34.2 Å². The van der Waals surface area contributed by atoms with Crippen molar-refractivity contribution < 1.29 is 0 Å². The first kappa shape index (κ1) is 19.5. The SMILES string of the molecule is CN=C(NCCc1ccccc1Cl)NCc1nnc2ccccn12.I. The largest absolute Gasteiger partial charge is 0.356 e. The van der Waals surface area contributed by atoms with E-state index in [1.54, 1.807) is 7.05 Å². The molecule has 0 saturated heterocycles. The molecule has 6 nitrogen and oxygen atoms in total. The molecule has 0 aliphatic heterocycles. The van der Waals surface area contributed by atoms with Crippen molar-refractivity contribution in [2.75, 3.05) is 13.6 Å². The molecule has 0 saturated carbocycles. The number of hydrogen-bond donors (Lipinski definition) is 2. The number of aliphatic imine (C=N–C) groups is 1. The molecule has 8 heteroatoms. The number of guanidine groups is 1. The molecular weight excluding hydrogens is 451 g/mol. The second-order valence-electron chi connectivity index (χ2n) is 5.24. The van der Waals surface area contributed by atoms with Gasteiger partial charge in [-0.25, -0.2) is 0 Å². The van der Waals surface area contributed by atoms with Crippen LogP contribution in [0.2, 0.25) is 5.02 Å². The van der Waals surface area contributed by atoms with Gasteiger partial charge >= 0.3 is 0 Å². The Hall–Kier alpha value is -1.87. The molecule has 2 N–H and O–H groups in total. The summed E-state index contributed by atoms with van der Waals surface area (Å²) in [6.07, 6.45) is 2.77. The van der Waals surface area contributed by atoms with Crippen molar-refractivity contribution in [3.63, 3.8) is 0 Å². The first-order valence-electron chi connectivity index (χ1n) is 7.74. The van der Waals surface area contributed by atoms with E-state index in [9.17, 15) is 0 Å². The maximum atomic E-state index is 6.17. The Morgan fingerprint density at radius 1 is 1.12 bits per heavy atom. The predicted molar refractivity (Wildman–Crippen MR) is 112 cm³/mol. The van der Waals surface area contributed by atoms with Crippen LogP contribution in [0.4, 0.5) is 0 Å².